The number of fused-ring (bicyclic) bond motifs is 1. The highest BCUT2D eigenvalue weighted by molar-refractivity contribution is 5.44. The summed E-state index contributed by atoms with van der Waals surface area (Å²) in [6.07, 6.45) is 0.793. The van der Waals surface area contributed by atoms with Crippen molar-refractivity contribution in [3.05, 3.63) is 64.5 Å². The molecule has 0 saturated carbocycles. The maximum Gasteiger partial charge on any atom is 0.161 e. The van der Waals surface area contributed by atoms with Crippen molar-refractivity contribution >= 4 is 0 Å². The summed E-state index contributed by atoms with van der Waals surface area (Å²) in [5, 5.41) is 3.15. The molecule has 2 nitrogen and oxygen atoms in total. The molecule has 0 spiro atoms. The zero-order valence-corrected chi connectivity index (χ0v) is 11.4. The van der Waals surface area contributed by atoms with Crippen LogP contribution in [-0.2, 0) is 6.42 Å². The Morgan fingerprint density at radius 1 is 1.00 bits per heavy atom. The van der Waals surface area contributed by atoms with Gasteiger partial charge >= 0.3 is 0 Å². The second-order valence-corrected chi connectivity index (χ2v) is 4.99. The van der Waals surface area contributed by atoms with Crippen molar-refractivity contribution in [2.75, 3.05) is 13.7 Å². The molecular formula is C16H14F3NO. The minimum absolute atomic E-state index is 0.100. The quantitative estimate of drug-likeness (QED) is 0.857. The first kappa shape index (κ1) is 13.9. The fraction of sp³-hybridized carbons (Fsp3) is 0.250. The van der Waals surface area contributed by atoms with Crippen LogP contribution in [0.1, 0.15) is 22.7 Å². The van der Waals surface area contributed by atoms with Gasteiger partial charge in [0.05, 0.1) is 13.2 Å². The molecule has 3 rings (SSSR count). The lowest BCUT2D eigenvalue weighted by Crippen LogP contribution is -2.31. The molecular weight excluding hydrogens is 279 g/mol. The molecule has 110 valence electrons. The van der Waals surface area contributed by atoms with E-state index in [1.807, 2.05) is 12.1 Å². The van der Waals surface area contributed by atoms with Gasteiger partial charge in [-0.05, 0) is 35.7 Å². The molecule has 0 saturated heterocycles. The highest BCUT2D eigenvalue weighted by Crippen LogP contribution is 2.33. The van der Waals surface area contributed by atoms with Crippen LogP contribution in [0.25, 0.3) is 0 Å². The van der Waals surface area contributed by atoms with Crippen LogP contribution in [0.4, 0.5) is 13.2 Å². The molecule has 1 N–H and O–H groups in total. The smallest absolute Gasteiger partial charge is 0.161 e. The first-order chi connectivity index (χ1) is 10.1. The summed E-state index contributed by atoms with van der Waals surface area (Å²) < 4.78 is 45.7. The molecule has 21 heavy (non-hydrogen) atoms. The third-order valence-electron chi connectivity index (χ3n) is 3.76. The third kappa shape index (κ3) is 2.49. The van der Waals surface area contributed by atoms with Crippen molar-refractivity contribution in [2.24, 2.45) is 0 Å². The van der Waals surface area contributed by atoms with E-state index in [4.69, 9.17) is 4.74 Å². The molecule has 0 bridgehead atoms. The van der Waals surface area contributed by atoms with Crippen LogP contribution in [0.3, 0.4) is 0 Å². The van der Waals surface area contributed by atoms with Crippen molar-refractivity contribution in [2.45, 2.75) is 12.5 Å². The lowest BCUT2D eigenvalue weighted by Gasteiger charge is -2.28. The van der Waals surface area contributed by atoms with Gasteiger partial charge in [0.2, 0.25) is 0 Å². The number of hydrogen-bond acceptors (Lipinski definition) is 2. The van der Waals surface area contributed by atoms with Gasteiger partial charge in [-0.1, -0.05) is 6.07 Å². The lowest BCUT2D eigenvalue weighted by atomic mass is 9.89. The Kier molecular flexibility index (Phi) is 3.59. The van der Waals surface area contributed by atoms with Gasteiger partial charge in [0.15, 0.2) is 11.6 Å². The van der Waals surface area contributed by atoms with Gasteiger partial charge < -0.3 is 10.1 Å². The summed E-state index contributed by atoms with van der Waals surface area (Å²) >= 11 is 0. The minimum Gasteiger partial charge on any atom is -0.497 e. The first-order valence-electron chi connectivity index (χ1n) is 6.65. The Labute approximate surface area is 120 Å². The van der Waals surface area contributed by atoms with Crippen molar-refractivity contribution < 1.29 is 17.9 Å². The molecule has 2 aromatic carbocycles. The van der Waals surface area contributed by atoms with Crippen LogP contribution in [0.2, 0.25) is 0 Å². The van der Waals surface area contributed by atoms with Crippen LogP contribution >= 0.6 is 0 Å². The van der Waals surface area contributed by atoms with E-state index in [0.717, 1.165) is 23.6 Å². The molecule has 1 aliphatic rings. The summed E-state index contributed by atoms with van der Waals surface area (Å²) in [4.78, 5) is 0. The van der Waals surface area contributed by atoms with Crippen molar-refractivity contribution in [1.29, 1.82) is 0 Å². The van der Waals surface area contributed by atoms with Crippen LogP contribution in [0, 0.1) is 17.5 Å². The predicted octanol–water partition coefficient (Wildman–Crippen LogP) is 3.35. The number of ether oxygens (including phenoxy) is 1. The Bertz CT molecular complexity index is 687. The van der Waals surface area contributed by atoms with E-state index >= 15 is 0 Å². The second kappa shape index (κ2) is 5.41. The molecule has 2 aromatic rings. The number of rotatable bonds is 2. The normalized spacial score (nSPS) is 17.4. The molecule has 1 unspecified atom stereocenters. The fourth-order valence-electron chi connectivity index (χ4n) is 2.69. The van der Waals surface area contributed by atoms with Crippen molar-refractivity contribution in [3.8, 4) is 5.75 Å². The maximum atomic E-state index is 14.0. The van der Waals surface area contributed by atoms with E-state index in [1.54, 1.807) is 13.2 Å². The zero-order valence-electron chi connectivity index (χ0n) is 11.4. The standard InChI is InChI=1S/C16H14F3NO/c1-21-10-3-2-9-4-5-20-16(11(9)6-10)12-7-14(18)15(19)8-13(12)17/h2-3,6-8,16,20H,4-5H2,1H3. The van der Waals surface area contributed by atoms with Crippen LogP contribution in [-0.4, -0.2) is 13.7 Å². The highest BCUT2D eigenvalue weighted by atomic mass is 19.2. The van der Waals surface area contributed by atoms with E-state index in [-0.39, 0.29) is 5.56 Å². The number of halogens is 3. The first-order valence-corrected chi connectivity index (χ1v) is 6.65. The molecule has 0 radical (unpaired) electrons. The highest BCUT2D eigenvalue weighted by Gasteiger charge is 2.25. The SMILES string of the molecule is COc1ccc2c(c1)C(c1cc(F)c(F)cc1F)NCC2. The monoisotopic (exact) mass is 293 g/mol. The number of nitrogens with one attached hydrogen (secondary N) is 1. The summed E-state index contributed by atoms with van der Waals surface area (Å²) in [7, 11) is 1.55. The molecule has 0 aromatic heterocycles. The molecule has 1 atom stereocenters. The van der Waals surface area contributed by atoms with E-state index in [1.165, 1.54) is 0 Å². The van der Waals surface area contributed by atoms with Gasteiger partial charge in [0.25, 0.3) is 0 Å². The second-order valence-electron chi connectivity index (χ2n) is 4.99. The lowest BCUT2D eigenvalue weighted by molar-refractivity contribution is 0.412. The van der Waals surface area contributed by atoms with Gasteiger partial charge in [-0.2, -0.15) is 0 Å². The van der Waals surface area contributed by atoms with E-state index in [9.17, 15) is 13.2 Å². The van der Waals surface area contributed by atoms with Gasteiger partial charge in [-0.3, -0.25) is 0 Å². The topological polar surface area (TPSA) is 21.3 Å². The molecule has 0 aliphatic carbocycles. The fourth-order valence-corrected chi connectivity index (χ4v) is 2.69. The van der Waals surface area contributed by atoms with Gasteiger partial charge in [-0.15, -0.1) is 0 Å². The van der Waals surface area contributed by atoms with E-state index in [0.29, 0.717) is 18.4 Å². The summed E-state index contributed by atoms with van der Waals surface area (Å²) in [5.41, 5.74) is 1.97. The largest absolute Gasteiger partial charge is 0.497 e. The average Bonchev–Trinajstić information content (AvgIpc) is 2.50. The van der Waals surface area contributed by atoms with Crippen LogP contribution in [0.15, 0.2) is 30.3 Å². The molecule has 0 amide bonds. The van der Waals surface area contributed by atoms with E-state index in [2.05, 4.69) is 5.32 Å². The van der Waals surface area contributed by atoms with Gasteiger partial charge in [0, 0.05) is 18.2 Å². The van der Waals surface area contributed by atoms with Crippen LogP contribution < -0.4 is 10.1 Å². The Morgan fingerprint density at radius 2 is 1.76 bits per heavy atom. The number of benzene rings is 2. The van der Waals surface area contributed by atoms with Gasteiger partial charge in [-0.25, -0.2) is 13.2 Å². The average molecular weight is 293 g/mol. The van der Waals surface area contributed by atoms with Crippen molar-refractivity contribution in [3.63, 3.8) is 0 Å². The number of hydrogen-bond donors (Lipinski definition) is 1. The number of methoxy groups -OCH3 is 1. The molecule has 1 aliphatic heterocycles. The summed E-state index contributed by atoms with van der Waals surface area (Å²) in [6.45, 7) is 0.641. The Hall–Kier alpha value is -2.01. The van der Waals surface area contributed by atoms with Crippen molar-refractivity contribution in [1.82, 2.24) is 5.32 Å². The molecule has 5 heteroatoms. The van der Waals surface area contributed by atoms with Gasteiger partial charge in [0.1, 0.15) is 11.6 Å². The predicted molar refractivity (Wildman–Crippen MR) is 72.9 cm³/mol. The minimum atomic E-state index is -1.18. The summed E-state index contributed by atoms with van der Waals surface area (Å²) in [6, 6.07) is 6.53. The van der Waals surface area contributed by atoms with Crippen LogP contribution in [0.5, 0.6) is 5.75 Å². The van der Waals surface area contributed by atoms with E-state index < -0.39 is 23.5 Å². The Morgan fingerprint density at radius 3 is 2.52 bits per heavy atom. The summed E-state index contributed by atoms with van der Waals surface area (Å²) in [5.74, 6) is -2.35. The maximum absolute atomic E-state index is 14.0. The zero-order chi connectivity index (χ0) is 15.0. The molecule has 1 heterocycles. The Balaban J connectivity index is 2.11. The third-order valence-corrected chi connectivity index (χ3v) is 3.76. The molecule has 0 fully saturated rings.